The molecule has 92 valence electrons. The lowest BCUT2D eigenvalue weighted by atomic mass is 10.3. The van der Waals surface area contributed by atoms with Gasteiger partial charge in [0.15, 0.2) is 6.61 Å². The quantitative estimate of drug-likeness (QED) is 0.905. The minimum atomic E-state index is -0.456. The molecule has 0 aliphatic heterocycles. The number of nitrogens with one attached hydrogen (secondary N) is 1. The van der Waals surface area contributed by atoms with Crippen LogP contribution in [0.25, 0.3) is 0 Å². The van der Waals surface area contributed by atoms with Gasteiger partial charge in [-0.2, -0.15) is 0 Å². The fourth-order valence-corrected chi connectivity index (χ4v) is 1.34. The van der Waals surface area contributed by atoms with E-state index in [1.165, 1.54) is 12.1 Å². The molecule has 1 aromatic carbocycles. The summed E-state index contributed by atoms with van der Waals surface area (Å²) in [5.74, 6) is -0.505. The second kappa shape index (κ2) is 6.61. The topological polar surface area (TPSA) is 38.3 Å². The summed E-state index contributed by atoms with van der Waals surface area (Å²) in [7, 11) is 0. The lowest BCUT2D eigenvalue weighted by Gasteiger charge is -2.08. The molecule has 0 heterocycles. The van der Waals surface area contributed by atoms with Crippen molar-refractivity contribution in [1.82, 2.24) is 5.32 Å². The van der Waals surface area contributed by atoms with Crippen molar-refractivity contribution in [3.63, 3.8) is 0 Å². The highest BCUT2D eigenvalue weighted by molar-refractivity contribution is 9.11. The average molecular weight is 323 g/mol. The van der Waals surface area contributed by atoms with E-state index in [9.17, 15) is 9.18 Å². The summed E-state index contributed by atoms with van der Waals surface area (Å²) in [6, 6.07) is 3.70. The zero-order valence-corrected chi connectivity index (χ0v) is 11.1. The molecule has 0 saturated carbocycles. The van der Waals surface area contributed by atoms with Crippen LogP contribution in [-0.2, 0) is 4.79 Å². The second-order valence-corrected chi connectivity index (χ2v) is 4.69. The first kappa shape index (κ1) is 14.0. The number of rotatable bonds is 5. The highest BCUT2D eigenvalue weighted by Gasteiger charge is 2.06. The Bertz CT molecular complexity index is 439. The third kappa shape index (κ3) is 5.19. The zero-order valence-electron chi connectivity index (χ0n) is 8.80. The summed E-state index contributed by atoms with van der Waals surface area (Å²) >= 11 is 8.83. The van der Waals surface area contributed by atoms with Gasteiger partial charge in [-0.3, -0.25) is 4.79 Å². The molecule has 0 aromatic heterocycles. The Morgan fingerprint density at radius 1 is 1.59 bits per heavy atom. The molecule has 0 radical (unpaired) electrons. The fraction of sp³-hybridized carbons (Fsp3) is 0.182. The van der Waals surface area contributed by atoms with Crippen LogP contribution in [0.3, 0.4) is 0 Å². The lowest BCUT2D eigenvalue weighted by Crippen LogP contribution is -2.29. The fourth-order valence-electron chi connectivity index (χ4n) is 0.981. The number of ether oxygens (including phenoxy) is 1. The molecule has 0 bridgehead atoms. The Morgan fingerprint density at radius 2 is 2.29 bits per heavy atom. The van der Waals surface area contributed by atoms with Gasteiger partial charge >= 0.3 is 0 Å². The number of amides is 1. The highest BCUT2D eigenvalue weighted by Crippen LogP contribution is 2.24. The van der Waals surface area contributed by atoms with Gasteiger partial charge in [0.05, 0.1) is 5.02 Å². The molecule has 0 fully saturated rings. The van der Waals surface area contributed by atoms with Crippen molar-refractivity contribution < 1.29 is 13.9 Å². The molecular weight excluding hydrogens is 312 g/mol. The van der Waals surface area contributed by atoms with Crippen molar-refractivity contribution in [2.24, 2.45) is 0 Å². The molecule has 6 heteroatoms. The molecule has 3 nitrogen and oxygen atoms in total. The molecule has 0 saturated heterocycles. The van der Waals surface area contributed by atoms with Gasteiger partial charge in [0, 0.05) is 11.0 Å². The van der Waals surface area contributed by atoms with Crippen molar-refractivity contribution in [2.45, 2.75) is 0 Å². The molecule has 0 atom stereocenters. The minimum absolute atomic E-state index is 0.128. The maximum absolute atomic E-state index is 12.7. The predicted octanol–water partition coefficient (Wildman–Crippen LogP) is 2.88. The Morgan fingerprint density at radius 3 is 2.88 bits per heavy atom. The molecule has 1 rings (SSSR count). The second-order valence-electron chi connectivity index (χ2n) is 3.16. The van der Waals surface area contributed by atoms with E-state index < -0.39 is 5.82 Å². The molecular formula is C11H10BrClFNO2. The monoisotopic (exact) mass is 321 g/mol. The van der Waals surface area contributed by atoms with Gasteiger partial charge in [-0.15, -0.1) is 0 Å². The molecule has 0 aliphatic rings. The summed E-state index contributed by atoms with van der Waals surface area (Å²) in [6.45, 7) is 3.70. The van der Waals surface area contributed by atoms with Gasteiger partial charge < -0.3 is 10.1 Å². The largest absolute Gasteiger partial charge is 0.482 e. The molecule has 0 aliphatic carbocycles. The van der Waals surface area contributed by atoms with Gasteiger partial charge in [-0.1, -0.05) is 34.1 Å². The lowest BCUT2D eigenvalue weighted by molar-refractivity contribution is -0.122. The Kier molecular flexibility index (Phi) is 5.44. The van der Waals surface area contributed by atoms with Gasteiger partial charge in [-0.05, 0) is 18.2 Å². The molecule has 0 unspecified atom stereocenters. The molecule has 0 spiro atoms. The number of benzene rings is 1. The van der Waals surface area contributed by atoms with E-state index in [-0.39, 0.29) is 23.3 Å². The van der Waals surface area contributed by atoms with Crippen molar-refractivity contribution in [2.75, 3.05) is 13.2 Å². The Labute approximate surface area is 112 Å². The van der Waals surface area contributed by atoms with Gasteiger partial charge in [0.25, 0.3) is 5.91 Å². The highest BCUT2D eigenvalue weighted by atomic mass is 79.9. The summed E-state index contributed by atoms with van der Waals surface area (Å²) < 4.78 is 18.5. The van der Waals surface area contributed by atoms with Crippen LogP contribution in [0, 0.1) is 5.82 Å². The van der Waals surface area contributed by atoms with Crippen LogP contribution in [0.5, 0.6) is 5.75 Å². The van der Waals surface area contributed by atoms with Crippen LogP contribution >= 0.6 is 27.5 Å². The smallest absolute Gasteiger partial charge is 0.258 e. The first-order valence-corrected chi connectivity index (χ1v) is 5.84. The van der Waals surface area contributed by atoms with E-state index >= 15 is 0 Å². The van der Waals surface area contributed by atoms with Crippen LogP contribution in [0.2, 0.25) is 5.02 Å². The van der Waals surface area contributed by atoms with Crippen LogP contribution in [0.15, 0.2) is 29.3 Å². The molecule has 17 heavy (non-hydrogen) atoms. The van der Waals surface area contributed by atoms with E-state index in [0.717, 1.165) is 6.07 Å². The van der Waals surface area contributed by atoms with E-state index in [1.807, 2.05) is 0 Å². The van der Waals surface area contributed by atoms with Gasteiger partial charge in [0.2, 0.25) is 0 Å². The van der Waals surface area contributed by atoms with Crippen molar-refractivity contribution in [3.05, 3.63) is 40.1 Å². The van der Waals surface area contributed by atoms with Crippen LogP contribution in [0.4, 0.5) is 4.39 Å². The predicted molar refractivity (Wildman–Crippen MR) is 68.0 cm³/mol. The number of carbonyl (C=O) groups excluding carboxylic acids is 1. The molecule has 1 N–H and O–H groups in total. The summed E-state index contributed by atoms with van der Waals surface area (Å²) in [4.78, 5) is 11.3. The summed E-state index contributed by atoms with van der Waals surface area (Å²) in [5, 5.41) is 2.68. The van der Waals surface area contributed by atoms with Crippen molar-refractivity contribution in [3.8, 4) is 5.75 Å². The van der Waals surface area contributed by atoms with Crippen molar-refractivity contribution >= 4 is 33.4 Å². The number of carbonyl (C=O) groups is 1. The maximum atomic E-state index is 12.7. The van der Waals surface area contributed by atoms with Crippen LogP contribution < -0.4 is 10.1 Å². The summed E-state index contributed by atoms with van der Waals surface area (Å²) in [6.07, 6.45) is 0. The zero-order chi connectivity index (χ0) is 12.8. The minimum Gasteiger partial charge on any atom is -0.482 e. The number of hydrogen-bond donors (Lipinski definition) is 1. The summed E-state index contributed by atoms with van der Waals surface area (Å²) in [5.41, 5.74) is 0. The number of hydrogen-bond acceptors (Lipinski definition) is 2. The van der Waals surface area contributed by atoms with Crippen molar-refractivity contribution in [1.29, 1.82) is 0 Å². The van der Waals surface area contributed by atoms with Gasteiger partial charge in [-0.25, -0.2) is 4.39 Å². The first-order chi connectivity index (χ1) is 7.99. The van der Waals surface area contributed by atoms with Crippen LogP contribution in [0.1, 0.15) is 0 Å². The first-order valence-electron chi connectivity index (χ1n) is 4.67. The maximum Gasteiger partial charge on any atom is 0.258 e. The van der Waals surface area contributed by atoms with Crippen LogP contribution in [-0.4, -0.2) is 19.1 Å². The third-order valence-electron chi connectivity index (χ3n) is 1.73. The average Bonchev–Trinajstić information content (AvgIpc) is 2.25. The van der Waals surface area contributed by atoms with E-state index in [0.29, 0.717) is 11.0 Å². The third-order valence-corrected chi connectivity index (χ3v) is 2.31. The van der Waals surface area contributed by atoms with E-state index in [4.69, 9.17) is 16.3 Å². The number of halogens is 3. The standard InChI is InChI=1S/C11H10BrClFNO2/c1-7(12)5-15-11(16)6-17-10-3-2-8(14)4-9(10)13/h2-4H,1,5-6H2,(H,15,16). The van der Waals surface area contributed by atoms with E-state index in [2.05, 4.69) is 27.8 Å². The molecule has 1 amide bonds. The Hall–Kier alpha value is -1.07. The normalized spacial score (nSPS) is 9.82. The Balaban J connectivity index is 2.44. The SMILES string of the molecule is C=C(Br)CNC(=O)COc1ccc(F)cc1Cl. The van der Waals surface area contributed by atoms with E-state index in [1.54, 1.807) is 0 Å². The molecule has 1 aromatic rings. The van der Waals surface area contributed by atoms with Gasteiger partial charge in [0.1, 0.15) is 11.6 Å².